The summed E-state index contributed by atoms with van der Waals surface area (Å²) in [6.07, 6.45) is 3.01. The Morgan fingerprint density at radius 1 is 1.25 bits per heavy atom. The molecule has 4 N–H and O–H groups in total. The molecule has 10 nitrogen and oxygen atoms in total. The first-order valence-corrected chi connectivity index (χ1v) is 12.3. The maximum atomic E-state index is 13.5. The topological polar surface area (TPSA) is 153 Å². The Kier molecular flexibility index (Phi) is 5.94. The molecular weight excluding hydrogens is 462 g/mol. The average Bonchev–Trinajstić information content (AvgIpc) is 3.48. The number of H-pyrrole nitrogens is 1. The maximum absolute atomic E-state index is 13.5. The van der Waals surface area contributed by atoms with Crippen LogP contribution in [0.4, 0.5) is 0 Å². The molecule has 5 atom stereocenters. The first-order chi connectivity index (χ1) is 17.3. The minimum Gasteiger partial charge on any atom is -0.496 e. The quantitative estimate of drug-likeness (QED) is 0.433. The van der Waals surface area contributed by atoms with Gasteiger partial charge < -0.3 is 20.4 Å². The highest BCUT2D eigenvalue weighted by molar-refractivity contribution is 6.05. The van der Waals surface area contributed by atoms with Gasteiger partial charge in [-0.3, -0.25) is 24.5 Å². The SMILES string of the molecule is COc1cccc2[nH]c(C(=O)N[C@@H](CC3CC3)C(=O)N[C@@]3(C#N)CC[C@H]4C(=O)NC(=O)[C@@H]4C3C)cc12. The van der Waals surface area contributed by atoms with Gasteiger partial charge in [0.2, 0.25) is 17.7 Å². The van der Waals surface area contributed by atoms with Crippen molar-refractivity contribution in [1.29, 1.82) is 5.26 Å². The molecule has 2 aliphatic carbocycles. The van der Waals surface area contributed by atoms with Gasteiger partial charge in [0.1, 0.15) is 23.0 Å². The Hall–Kier alpha value is -3.87. The van der Waals surface area contributed by atoms with Crippen LogP contribution in [0.15, 0.2) is 24.3 Å². The Bertz CT molecular complexity index is 1290. The van der Waals surface area contributed by atoms with Crippen LogP contribution >= 0.6 is 0 Å². The van der Waals surface area contributed by atoms with E-state index in [1.165, 1.54) is 0 Å². The van der Waals surface area contributed by atoms with E-state index in [0.717, 1.165) is 23.7 Å². The molecule has 0 radical (unpaired) electrons. The predicted octanol–water partition coefficient (Wildman–Crippen LogP) is 1.77. The molecule has 0 bridgehead atoms. The van der Waals surface area contributed by atoms with E-state index in [4.69, 9.17) is 4.74 Å². The van der Waals surface area contributed by atoms with Crippen molar-refractivity contribution < 1.29 is 23.9 Å². The van der Waals surface area contributed by atoms with E-state index in [1.807, 2.05) is 12.1 Å². The first kappa shape index (κ1) is 23.9. The molecule has 4 amide bonds. The number of aromatic nitrogens is 1. The Balaban J connectivity index is 1.35. The lowest BCUT2D eigenvalue weighted by Crippen LogP contribution is -2.61. The van der Waals surface area contributed by atoms with Gasteiger partial charge in [0.15, 0.2) is 0 Å². The molecule has 3 fully saturated rings. The van der Waals surface area contributed by atoms with E-state index >= 15 is 0 Å². The normalized spacial score (nSPS) is 28.1. The number of benzene rings is 1. The summed E-state index contributed by atoms with van der Waals surface area (Å²) in [5.74, 6) is -2.35. The summed E-state index contributed by atoms with van der Waals surface area (Å²) >= 11 is 0. The standard InChI is InChI=1S/C26H29N5O5/c1-13-21-15(22(32)30-25(21)35)8-9-26(13,12-27)31-24(34)18(10-14-6-7-14)29-23(33)19-11-16-17(28-19)4-3-5-20(16)36-2/h3-5,11,13-15,18,21,28H,6-10H2,1-2H3,(H,29,33)(H,31,34)(H,30,32,35)/t13?,15-,18+,21-,26-/m1/s1. The fourth-order valence-corrected chi connectivity index (χ4v) is 5.70. The number of hydrogen-bond acceptors (Lipinski definition) is 6. The van der Waals surface area contributed by atoms with Crippen molar-refractivity contribution in [2.24, 2.45) is 23.7 Å². The van der Waals surface area contributed by atoms with Crippen LogP contribution in [-0.4, -0.2) is 47.3 Å². The second kappa shape index (κ2) is 8.97. The third-order valence-electron chi connectivity index (χ3n) is 8.01. The van der Waals surface area contributed by atoms with Crippen molar-refractivity contribution in [3.05, 3.63) is 30.0 Å². The summed E-state index contributed by atoms with van der Waals surface area (Å²) in [5, 5.41) is 18.9. The molecule has 2 heterocycles. The first-order valence-electron chi connectivity index (χ1n) is 12.3. The predicted molar refractivity (Wildman–Crippen MR) is 128 cm³/mol. The van der Waals surface area contributed by atoms with E-state index in [2.05, 4.69) is 27.0 Å². The molecule has 10 heteroatoms. The number of carbonyl (C=O) groups is 4. The van der Waals surface area contributed by atoms with E-state index in [9.17, 15) is 24.4 Å². The highest BCUT2D eigenvalue weighted by atomic mass is 16.5. The number of imide groups is 1. The zero-order chi connectivity index (χ0) is 25.6. The lowest BCUT2D eigenvalue weighted by molar-refractivity contribution is -0.130. The number of hydrogen-bond donors (Lipinski definition) is 4. The molecule has 2 saturated carbocycles. The summed E-state index contributed by atoms with van der Waals surface area (Å²) < 4.78 is 5.37. The smallest absolute Gasteiger partial charge is 0.268 e. The summed E-state index contributed by atoms with van der Waals surface area (Å²) in [7, 11) is 1.56. The van der Waals surface area contributed by atoms with Crippen molar-refractivity contribution in [2.75, 3.05) is 7.11 Å². The number of nitriles is 1. The Labute approximate surface area is 208 Å². The van der Waals surface area contributed by atoms with Gasteiger partial charge in [0.25, 0.3) is 5.91 Å². The van der Waals surface area contributed by atoms with E-state index in [0.29, 0.717) is 30.2 Å². The second-order valence-electron chi connectivity index (χ2n) is 10.2. The largest absolute Gasteiger partial charge is 0.496 e. The summed E-state index contributed by atoms with van der Waals surface area (Å²) in [5.41, 5.74) is -0.268. The van der Waals surface area contributed by atoms with Gasteiger partial charge >= 0.3 is 0 Å². The van der Waals surface area contributed by atoms with Gasteiger partial charge in [0.05, 0.1) is 25.0 Å². The summed E-state index contributed by atoms with van der Waals surface area (Å²) in [6, 6.07) is 8.53. The van der Waals surface area contributed by atoms with Gasteiger partial charge in [-0.1, -0.05) is 25.8 Å². The van der Waals surface area contributed by atoms with E-state index in [-0.39, 0.29) is 12.3 Å². The molecule has 3 aliphatic rings. The molecule has 1 aromatic carbocycles. The van der Waals surface area contributed by atoms with Crippen LogP contribution < -0.4 is 20.7 Å². The van der Waals surface area contributed by atoms with Gasteiger partial charge in [-0.05, 0) is 43.4 Å². The second-order valence-corrected chi connectivity index (χ2v) is 10.2. The van der Waals surface area contributed by atoms with Crippen molar-refractivity contribution in [1.82, 2.24) is 20.9 Å². The van der Waals surface area contributed by atoms with Gasteiger partial charge in [-0.25, -0.2) is 0 Å². The van der Waals surface area contributed by atoms with Crippen LogP contribution in [0.2, 0.25) is 0 Å². The Morgan fingerprint density at radius 2 is 2.03 bits per heavy atom. The lowest BCUT2D eigenvalue weighted by atomic mass is 9.64. The van der Waals surface area contributed by atoms with Crippen LogP contribution in [0.5, 0.6) is 5.75 Å². The maximum Gasteiger partial charge on any atom is 0.268 e. The molecule has 1 aliphatic heterocycles. The molecule has 0 spiro atoms. The molecule has 1 aromatic heterocycles. The monoisotopic (exact) mass is 491 g/mol. The number of nitrogens with zero attached hydrogens (tertiary/aromatic N) is 1. The zero-order valence-corrected chi connectivity index (χ0v) is 20.2. The number of carbonyl (C=O) groups excluding carboxylic acids is 4. The van der Waals surface area contributed by atoms with Gasteiger partial charge in [-0.2, -0.15) is 5.26 Å². The van der Waals surface area contributed by atoms with Crippen LogP contribution in [0.25, 0.3) is 10.9 Å². The van der Waals surface area contributed by atoms with Crippen LogP contribution in [0.3, 0.4) is 0 Å². The molecule has 188 valence electrons. The fraction of sp³-hybridized carbons (Fsp3) is 0.500. The Morgan fingerprint density at radius 3 is 2.72 bits per heavy atom. The number of methoxy groups -OCH3 is 1. The fourth-order valence-electron chi connectivity index (χ4n) is 5.70. The van der Waals surface area contributed by atoms with Crippen molar-refractivity contribution >= 4 is 34.5 Å². The highest BCUT2D eigenvalue weighted by Crippen LogP contribution is 2.44. The van der Waals surface area contributed by atoms with Crippen LogP contribution in [0.1, 0.15) is 49.5 Å². The zero-order valence-electron chi connectivity index (χ0n) is 20.2. The lowest BCUT2D eigenvalue weighted by Gasteiger charge is -2.42. The van der Waals surface area contributed by atoms with Crippen LogP contribution in [-0.2, 0) is 14.4 Å². The molecular formula is C26H29N5O5. The van der Waals surface area contributed by atoms with E-state index in [1.54, 1.807) is 26.2 Å². The third kappa shape index (κ3) is 4.08. The molecule has 1 unspecified atom stereocenters. The number of aromatic amines is 1. The third-order valence-corrected chi connectivity index (χ3v) is 8.01. The average molecular weight is 492 g/mol. The highest BCUT2D eigenvalue weighted by Gasteiger charge is 2.56. The minimum absolute atomic E-state index is 0.254. The van der Waals surface area contributed by atoms with Crippen LogP contribution in [0, 0.1) is 35.0 Å². The molecule has 36 heavy (non-hydrogen) atoms. The summed E-state index contributed by atoms with van der Waals surface area (Å²) in [6.45, 7) is 1.73. The van der Waals surface area contributed by atoms with Crippen molar-refractivity contribution in [2.45, 2.75) is 50.6 Å². The number of fused-ring (bicyclic) bond motifs is 2. The number of ether oxygens (including phenoxy) is 1. The number of nitrogens with one attached hydrogen (secondary N) is 4. The number of amides is 4. The van der Waals surface area contributed by atoms with Crippen molar-refractivity contribution in [3.8, 4) is 11.8 Å². The molecule has 2 aromatic rings. The number of rotatable bonds is 7. The molecule has 5 rings (SSSR count). The minimum atomic E-state index is -1.30. The van der Waals surface area contributed by atoms with Gasteiger partial charge in [-0.15, -0.1) is 0 Å². The van der Waals surface area contributed by atoms with Crippen molar-refractivity contribution in [3.63, 3.8) is 0 Å². The molecule has 1 saturated heterocycles. The van der Waals surface area contributed by atoms with E-state index < -0.39 is 47.1 Å². The summed E-state index contributed by atoms with van der Waals surface area (Å²) in [4.78, 5) is 54.2. The van der Waals surface area contributed by atoms with Gasteiger partial charge in [0, 0.05) is 16.8 Å².